The van der Waals surface area contributed by atoms with Gasteiger partial charge in [-0.2, -0.15) is 13.2 Å². The number of carbonyl (C=O) groups is 3. The van der Waals surface area contributed by atoms with Crippen LogP contribution in [0.4, 0.5) is 13.2 Å². The molecule has 0 amide bonds. The molecule has 0 fully saturated rings. The summed E-state index contributed by atoms with van der Waals surface area (Å²) in [6.45, 7) is 4.71. The molecule has 0 aromatic heterocycles. The number of hydrogen-bond acceptors (Lipinski definition) is 6. The maximum atomic E-state index is 12.3. The number of aliphatic hydroxyl groups excluding tert-OH is 1. The van der Waals surface area contributed by atoms with E-state index >= 15 is 0 Å². The van der Waals surface area contributed by atoms with E-state index in [9.17, 15) is 32.7 Å². The lowest BCUT2D eigenvalue weighted by atomic mass is 9.65. The van der Waals surface area contributed by atoms with Crippen molar-refractivity contribution in [1.82, 2.24) is 0 Å². The second kappa shape index (κ2) is 9.58. The highest BCUT2D eigenvalue weighted by atomic mass is 19.4. The summed E-state index contributed by atoms with van der Waals surface area (Å²) in [4.78, 5) is 36.4. The predicted octanol–water partition coefficient (Wildman–Crippen LogP) is 2.94. The first-order chi connectivity index (χ1) is 12.5. The Kier molecular flexibility index (Phi) is 8.95. The Balaban J connectivity index is 5.55. The number of aliphatic carboxylic acids is 1. The standard InChI is InChI=1S/C18H29F3O7/c1-6-16(4,14(26)28-11-18(19,20)21)10-17(5,12(23)24)9-15(2,3)13(25)27-8-7-22/h22H,6-11H2,1-5H3,(H,23,24). The fourth-order valence-electron chi connectivity index (χ4n) is 3.12. The zero-order chi connectivity index (χ0) is 22.4. The van der Waals surface area contributed by atoms with Crippen molar-refractivity contribution in [3.63, 3.8) is 0 Å². The number of aliphatic hydroxyl groups is 1. The van der Waals surface area contributed by atoms with Crippen LogP contribution >= 0.6 is 0 Å². The largest absolute Gasteiger partial charge is 0.481 e. The molecule has 0 spiro atoms. The van der Waals surface area contributed by atoms with Gasteiger partial charge in [-0.3, -0.25) is 14.4 Å². The molecule has 2 N–H and O–H groups in total. The third-order valence-electron chi connectivity index (χ3n) is 4.65. The molecular weight excluding hydrogens is 385 g/mol. The molecule has 0 heterocycles. The van der Waals surface area contributed by atoms with Crippen molar-refractivity contribution >= 4 is 17.9 Å². The van der Waals surface area contributed by atoms with Crippen molar-refractivity contribution in [3.8, 4) is 0 Å². The molecule has 7 nitrogen and oxygen atoms in total. The summed E-state index contributed by atoms with van der Waals surface area (Å²) in [5.41, 5.74) is -4.39. The van der Waals surface area contributed by atoms with Gasteiger partial charge in [-0.1, -0.05) is 6.92 Å². The number of esters is 2. The fourth-order valence-corrected chi connectivity index (χ4v) is 3.12. The van der Waals surface area contributed by atoms with Gasteiger partial charge in [0.2, 0.25) is 0 Å². The Labute approximate surface area is 162 Å². The molecule has 0 rings (SSSR count). The van der Waals surface area contributed by atoms with Gasteiger partial charge in [-0.05, 0) is 47.0 Å². The molecule has 0 aromatic carbocycles. The van der Waals surface area contributed by atoms with Crippen LogP contribution in [0.2, 0.25) is 0 Å². The van der Waals surface area contributed by atoms with Gasteiger partial charge in [0.1, 0.15) is 6.61 Å². The lowest BCUT2D eigenvalue weighted by Gasteiger charge is -2.38. The van der Waals surface area contributed by atoms with E-state index in [0.29, 0.717) is 0 Å². The Morgan fingerprint density at radius 3 is 1.82 bits per heavy atom. The van der Waals surface area contributed by atoms with Crippen molar-refractivity contribution in [2.24, 2.45) is 16.2 Å². The Bertz CT molecular complexity index is 574. The van der Waals surface area contributed by atoms with E-state index < -0.39 is 53.5 Å². The molecular formula is C18H29F3O7. The van der Waals surface area contributed by atoms with Crippen LogP contribution in [-0.4, -0.2) is 54.1 Å². The van der Waals surface area contributed by atoms with Crippen LogP contribution in [0.25, 0.3) is 0 Å². The lowest BCUT2D eigenvalue weighted by molar-refractivity contribution is -0.195. The van der Waals surface area contributed by atoms with Crippen LogP contribution in [0.5, 0.6) is 0 Å². The van der Waals surface area contributed by atoms with Crippen LogP contribution in [0.1, 0.15) is 53.9 Å². The summed E-state index contributed by atoms with van der Waals surface area (Å²) in [7, 11) is 0. The lowest BCUT2D eigenvalue weighted by Crippen LogP contribution is -2.44. The number of rotatable bonds is 11. The Hall–Kier alpha value is -1.84. The molecule has 0 aliphatic carbocycles. The van der Waals surface area contributed by atoms with Crippen molar-refractivity contribution in [2.75, 3.05) is 19.8 Å². The molecule has 0 saturated carbocycles. The maximum absolute atomic E-state index is 12.3. The minimum Gasteiger partial charge on any atom is -0.481 e. The van der Waals surface area contributed by atoms with Gasteiger partial charge in [-0.15, -0.1) is 0 Å². The number of carboxylic acids is 1. The normalized spacial score (nSPS) is 16.6. The molecule has 10 heteroatoms. The van der Waals surface area contributed by atoms with E-state index in [2.05, 4.69) is 4.74 Å². The smallest absolute Gasteiger partial charge is 0.422 e. The van der Waals surface area contributed by atoms with Gasteiger partial charge in [0, 0.05) is 0 Å². The molecule has 28 heavy (non-hydrogen) atoms. The summed E-state index contributed by atoms with van der Waals surface area (Å²) in [6.07, 6.45) is -5.22. The molecule has 0 saturated heterocycles. The van der Waals surface area contributed by atoms with Gasteiger partial charge >= 0.3 is 24.1 Å². The number of alkyl halides is 3. The van der Waals surface area contributed by atoms with E-state index in [0.717, 1.165) is 0 Å². The van der Waals surface area contributed by atoms with E-state index in [1.165, 1.54) is 34.6 Å². The fraction of sp³-hybridized carbons (Fsp3) is 0.833. The summed E-state index contributed by atoms with van der Waals surface area (Å²) in [6, 6.07) is 0. The first kappa shape index (κ1) is 26.2. The number of carboxylic acid groups (broad SMARTS) is 1. The molecule has 2 atom stereocenters. The monoisotopic (exact) mass is 414 g/mol. The highest BCUT2D eigenvalue weighted by Crippen LogP contribution is 2.45. The first-order valence-corrected chi connectivity index (χ1v) is 8.78. The van der Waals surface area contributed by atoms with E-state index in [1.54, 1.807) is 0 Å². The molecule has 0 bridgehead atoms. The van der Waals surface area contributed by atoms with Crippen LogP contribution in [-0.2, 0) is 23.9 Å². The number of ether oxygens (including phenoxy) is 2. The third kappa shape index (κ3) is 7.65. The van der Waals surface area contributed by atoms with E-state index in [4.69, 9.17) is 9.84 Å². The summed E-state index contributed by atoms with van der Waals surface area (Å²) >= 11 is 0. The van der Waals surface area contributed by atoms with E-state index in [-0.39, 0.29) is 25.9 Å². The SMILES string of the molecule is CCC(C)(CC(C)(CC(C)(C)C(=O)OCCO)C(=O)O)C(=O)OCC(F)(F)F. The molecule has 2 unspecified atom stereocenters. The van der Waals surface area contributed by atoms with Crippen LogP contribution in [0.3, 0.4) is 0 Å². The van der Waals surface area contributed by atoms with Crippen LogP contribution in [0, 0.1) is 16.2 Å². The quantitative estimate of drug-likeness (QED) is 0.500. The molecule has 164 valence electrons. The van der Waals surface area contributed by atoms with Crippen LogP contribution < -0.4 is 0 Å². The van der Waals surface area contributed by atoms with Gasteiger partial charge in [0.05, 0.1) is 22.9 Å². The highest BCUT2D eigenvalue weighted by Gasteiger charge is 2.49. The van der Waals surface area contributed by atoms with Gasteiger partial charge in [0.25, 0.3) is 0 Å². The second-order valence-corrected chi connectivity index (χ2v) is 8.07. The molecule has 0 aliphatic rings. The summed E-state index contributed by atoms with van der Waals surface area (Å²) in [5.74, 6) is -3.19. The second-order valence-electron chi connectivity index (χ2n) is 8.07. The zero-order valence-corrected chi connectivity index (χ0v) is 16.8. The van der Waals surface area contributed by atoms with Gasteiger partial charge in [0.15, 0.2) is 6.61 Å². The maximum Gasteiger partial charge on any atom is 0.422 e. The average Bonchev–Trinajstić information content (AvgIpc) is 2.55. The third-order valence-corrected chi connectivity index (χ3v) is 4.65. The Morgan fingerprint density at radius 1 is 0.893 bits per heavy atom. The average molecular weight is 414 g/mol. The van der Waals surface area contributed by atoms with Crippen molar-refractivity contribution in [2.45, 2.75) is 60.1 Å². The van der Waals surface area contributed by atoms with E-state index in [1.807, 2.05) is 0 Å². The zero-order valence-electron chi connectivity index (χ0n) is 16.8. The van der Waals surface area contributed by atoms with Crippen LogP contribution in [0.15, 0.2) is 0 Å². The number of hydrogen-bond donors (Lipinski definition) is 2. The molecule has 0 aromatic rings. The number of carbonyl (C=O) groups excluding carboxylic acids is 2. The number of halogens is 3. The Morgan fingerprint density at radius 2 is 1.43 bits per heavy atom. The minimum atomic E-state index is -4.70. The topological polar surface area (TPSA) is 110 Å². The summed E-state index contributed by atoms with van der Waals surface area (Å²) in [5, 5.41) is 18.5. The van der Waals surface area contributed by atoms with Crippen molar-refractivity contribution < 1.29 is 47.2 Å². The van der Waals surface area contributed by atoms with Crippen molar-refractivity contribution in [1.29, 1.82) is 0 Å². The molecule has 0 radical (unpaired) electrons. The van der Waals surface area contributed by atoms with Crippen molar-refractivity contribution in [3.05, 3.63) is 0 Å². The summed E-state index contributed by atoms with van der Waals surface area (Å²) < 4.78 is 46.2. The highest BCUT2D eigenvalue weighted by molar-refractivity contribution is 5.81. The van der Waals surface area contributed by atoms with Gasteiger partial charge < -0.3 is 19.7 Å². The predicted molar refractivity (Wildman–Crippen MR) is 92.2 cm³/mol. The molecule has 0 aliphatic heterocycles. The van der Waals surface area contributed by atoms with Gasteiger partial charge in [-0.25, -0.2) is 0 Å². The minimum absolute atomic E-state index is 0.0436. The first-order valence-electron chi connectivity index (χ1n) is 8.78.